The van der Waals surface area contributed by atoms with Crippen LogP contribution in [0.2, 0.25) is 5.02 Å². The van der Waals surface area contributed by atoms with Crippen molar-refractivity contribution in [3.05, 3.63) is 82.9 Å². The third kappa shape index (κ3) is 3.80. The summed E-state index contributed by atoms with van der Waals surface area (Å²) in [6.45, 7) is 2.34. The molecule has 3 aromatic heterocycles. The smallest absolute Gasteiger partial charge is 0.258 e. The van der Waals surface area contributed by atoms with E-state index in [1.54, 1.807) is 41.3 Å². The van der Waals surface area contributed by atoms with Gasteiger partial charge in [0.15, 0.2) is 5.82 Å². The lowest BCUT2D eigenvalue weighted by atomic mass is 10.1. The minimum Gasteiger partial charge on any atom is -0.305 e. The van der Waals surface area contributed by atoms with Gasteiger partial charge in [0.25, 0.3) is 5.91 Å². The maximum Gasteiger partial charge on any atom is 0.258 e. The van der Waals surface area contributed by atoms with Crippen molar-refractivity contribution in [2.45, 2.75) is 13.5 Å². The SMILES string of the molecule is Cc1nc2ccc(Cl)cc2cc1C(=O)Nc1ccn(Cc2ccccn2)n1. The monoisotopic (exact) mass is 377 g/mol. The van der Waals surface area contributed by atoms with Crippen molar-refractivity contribution in [2.24, 2.45) is 0 Å². The van der Waals surface area contributed by atoms with Gasteiger partial charge in [-0.1, -0.05) is 17.7 Å². The molecule has 3 heterocycles. The summed E-state index contributed by atoms with van der Waals surface area (Å²) in [6.07, 6.45) is 3.54. The van der Waals surface area contributed by atoms with E-state index in [1.165, 1.54) is 0 Å². The van der Waals surface area contributed by atoms with Gasteiger partial charge in [0, 0.05) is 28.9 Å². The first kappa shape index (κ1) is 17.2. The lowest BCUT2D eigenvalue weighted by Gasteiger charge is -2.07. The molecule has 1 aromatic carbocycles. The van der Waals surface area contributed by atoms with Crippen molar-refractivity contribution >= 4 is 34.2 Å². The predicted molar refractivity (Wildman–Crippen MR) is 105 cm³/mol. The maximum absolute atomic E-state index is 12.7. The number of amides is 1. The number of aryl methyl sites for hydroxylation is 1. The summed E-state index contributed by atoms with van der Waals surface area (Å²) < 4.78 is 1.73. The first-order chi connectivity index (χ1) is 13.1. The molecule has 4 aromatic rings. The first-order valence-corrected chi connectivity index (χ1v) is 8.78. The molecule has 0 atom stereocenters. The normalized spacial score (nSPS) is 10.9. The van der Waals surface area contributed by atoms with Crippen LogP contribution in [0.3, 0.4) is 0 Å². The number of aromatic nitrogens is 4. The number of rotatable bonds is 4. The van der Waals surface area contributed by atoms with Crippen LogP contribution in [0.4, 0.5) is 5.82 Å². The zero-order chi connectivity index (χ0) is 18.8. The quantitative estimate of drug-likeness (QED) is 0.581. The van der Waals surface area contributed by atoms with Gasteiger partial charge in [-0.25, -0.2) is 0 Å². The molecule has 0 unspecified atom stereocenters. The summed E-state index contributed by atoms with van der Waals surface area (Å²) in [5.74, 6) is 0.214. The number of hydrogen-bond donors (Lipinski definition) is 1. The fourth-order valence-electron chi connectivity index (χ4n) is 2.83. The van der Waals surface area contributed by atoms with Gasteiger partial charge in [-0.15, -0.1) is 0 Å². The van der Waals surface area contributed by atoms with E-state index in [4.69, 9.17) is 11.6 Å². The summed E-state index contributed by atoms with van der Waals surface area (Å²) >= 11 is 6.04. The number of halogens is 1. The second-order valence-corrected chi connectivity index (χ2v) is 6.57. The molecular weight excluding hydrogens is 362 g/mol. The van der Waals surface area contributed by atoms with Crippen LogP contribution in [0.25, 0.3) is 10.9 Å². The van der Waals surface area contributed by atoms with Crippen molar-refractivity contribution in [2.75, 3.05) is 5.32 Å². The molecule has 0 aliphatic carbocycles. The molecule has 1 N–H and O–H groups in total. The van der Waals surface area contributed by atoms with Gasteiger partial charge in [0.2, 0.25) is 0 Å². The van der Waals surface area contributed by atoms with Crippen LogP contribution in [-0.4, -0.2) is 25.7 Å². The highest BCUT2D eigenvalue weighted by Gasteiger charge is 2.13. The first-order valence-electron chi connectivity index (χ1n) is 8.40. The number of nitrogens with zero attached hydrogens (tertiary/aromatic N) is 4. The number of hydrogen-bond acceptors (Lipinski definition) is 4. The van der Waals surface area contributed by atoms with E-state index >= 15 is 0 Å². The average Bonchev–Trinajstić information content (AvgIpc) is 3.09. The summed E-state index contributed by atoms with van der Waals surface area (Å²) in [7, 11) is 0. The number of benzene rings is 1. The molecule has 0 radical (unpaired) electrons. The van der Waals surface area contributed by atoms with E-state index in [1.807, 2.05) is 31.2 Å². The topological polar surface area (TPSA) is 72.7 Å². The van der Waals surface area contributed by atoms with Crippen LogP contribution in [0, 0.1) is 6.92 Å². The molecule has 0 fully saturated rings. The van der Waals surface area contributed by atoms with E-state index in [-0.39, 0.29) is 5.91 Å². The van der Waals surface area contributed by atoms with Crippen LogP contribution < -0.4 is 5.32 Å². The zero-order valence-corrected chi connectivity index (χ0v) is 15.3. The van der Waals surface area contributed by atoms with E-state index in [2.05, 4.69) is 20.4 Å². The molecule has 0 spiro atoms. The van der Waals surface area contributed by atoms with Crippen LogP contribution in [0.5, 0.6) is 0 Å². The highest BCUT2D eigenvalue weighted by Crippen LogP contribution is 2.21. The highest BCUT2D eigenvalue weighted by atomic mass is 35.5. The zero-order valence-electron chi connectivity index (χ0n) is 14.6. The number of nitrogens with one attached hydrogen (secondary N) is 1. The maximum atomic E-state index is 12.7. The third-order valence-electron chi connectivity index (χ3n) is 4.14. The molecule has 0 aliphatic rings. The van der Waals surface area contributed by atoms with Crippen molar-refractivity contribution in [3.8, 4) is 0 Å². The molecule has 0 aliphatic heterocycles. The Morgan fingerprint density at radius 1 is 1.19 bits per heavy atom. The largest absolute Gasteiger partial charge is 0.305 e. The number of carbonyl (C=O) groups is 1. The molecule has 0 bridgehead atoms. The standard InChI is InChI=1S/C20H16ClN5O/c1-13-17(11-14-10-15(21)5-6-18(14)23-13)20(27)24-19-7-9-26(25-19)12-16-4-2-3-8-22-16/h2-11H,12H2,1H3,(H,24,25,27). The predicted octanol–water partition coefficient (Wildman–Crippen LogP) is 4.09. The number of anilines is 1. The lowest BCUT2D eigenvalue weighted by molar-refractivity contribution is 0.102. The minimum atomic E-state index is -0.259. The van der Waals surface area contributed by atoms with Crippen LogP contribution >= 0.6 is 11.6 Å². The molecule has 4 rings (SSSR count). The highest BCUT2D eigenvalue weighted by molar-refractivity contribution is 6.31. The van der Waals surface area contributed by atoms with Crippen LogP contribution in [0.1, 0.15) is 21.7 Å². The Kier molecular flexibility index (Phi) is 4.56. The third-order valence-corrected chi connectivity index (χ3v) is 4.38. The van der Waals surface area contributed by atoms with E-state index in [9.17, 15) is 4.79 Å². The molecule has 7 heteroatoms. The number of fused-ring (bicyclic) bond motifs is 1. The van der Waals surface area contributed by atoms with Gasteiger partial charge >= 0.3 is 0 Å². The number of carbonyl (C=O) groups excluding carboxylic acids is 1. The number of pyridine rings is 2. The van der Waals surface area contributed by atoms with Crippen LogP contribution in [-0.2, 0) is 6.54 Å². The van der Waals surface area contributed by atoms with E-state index in [0.29, 0.717) is 28.6 Å². The molecular formula is C20H16ClN5O. The molecule has 0 saturated carbocycles. The van der Waals surface area contributed by atoms with Crippen molar-refractivity contribution < 1.29 is 4.79 Å². The Hall–Kier alpha value is -3.25. The van der Waals surface area contributed by atoms with E-state index < -0.39 is 0 Å². The summed E-state index contributed by atoms with van der Waals surface area (Å²) in [6, 6.07) is 14.7. The van der Waals surface area contributed by atoms with Gasteiger partial charge in [-0.2, -0.15) is 5.10 Å². The van der Waals surface area contributed by atoms with Gasteiger partial charge in [-0.05, 0) is 43.3 Å². The van der Waals surface area contributed by atoms with Crippen molar-refractivity contribution in [1.82, 2.24) is 19.7 Å². The van der Waals surface area contributed by atoms with Crippen LogP contribution in [0.15, 0.2) is 60.9 Å². The molecule has 1 amide bonds. The molecule has 134 valence electrons. The Morgan fingerprint density at radius 2 is 2.07 bits per heavy atom. The second-order valence-electron chi connectivity index (χ2n) is 6.13. The van der Waals surface area contributed by atoms with E-state index in [0.717, 1.165) is 16.6 Å². The van der Waals surface area contributed by atoms with Gasteiger partial charge in [0.05, 0.1) is 29.0 Å². The Morgan fingerprint density at radius 3 is 2.89 bits per heavy atom. The lowest BCUT2D eigenvalue weighted by Crippen LogP contribution is -2.15. The van der Waals surface area contributed by atoms with Crippen molar-refractivity contribution in [3.63, 3.8) is 0 Å². The summed E-state index contributed by atoms with van der Waals surface area (Å²) in [4.78, 5) is 21.4. The summed E-state index contributed by atoms with van der Waals surface area (Å²) in [5.41, 5.74) is 2.83. The fourth-order valence-corrected chi connectivity index (χ4v) is 3.01. The molecule has 0 saturated heterocycles. The Bertz CT molecular complexity index is 1120. The minimum absolute atomic E-state index is 0.259. The van der Waals surface area contributed by atoms with Crippen molar-refractivity contribution in [1.29, 1.82) is 0 Å². The summed E-state index contributed by atoms with van der Waals surface area (Å²) in [5, 5.41) is 8.62. The second kappa shape index (κ2) is 7.17. The van der Waals surface area contributed by atoms with Gasteiger partial charge in [0.1, 0.15) is 0 Å². The average molecular weight is 378 g/mol. The molecule has 6 nitrogen and oxygen atoms in total. The Balaban J connectivity index is 1.54. The Labute approximate surface area is 160 Å². The molecule has 27 heavy (non-hydrogen) atoms. The fraction of sp³-hybridized carbons (Fsp3) is 0.100. The van der Waals surface area contributed by atoms with Gasteiger partial charge in [-0.3, -0.25) is 19.4 Å². The van der Waals surface area contributed by atoms with Gasteiger partial charge < -0.3 is 5.32 Å².